The standard InChI is InChI=1S/C10H13N3O2S/c1-6-4-7(11)2-3-8(6)16-5-9(14)13-10(12)15/h2-4H,5,11H2,1H3,(H3,12,13,14,15). The molecule has 0 bridgehead atoms. The summed E-state index contributed by atoms with van der Waals surface area (Å²) in [5, 5.41) is 2.00. The molecule has 1 rings (SSSR count). The molecular formula is C10H13N3O2S. The lowest BCUT2D eigenvalue weighted by Gasteiger charge is -2.05. The van der Waals surface area contributed by atoms with Gasteiger partial charge in [-0.15, -0.1) is 11.8 Å². The first-order valence-corrected chi connectivity index (χ1v) is 5.56. The van der Waals surface area contributed by atoms with Crippen molar-refractivity contribution in [2.45, 2.75) is 11.8 Å². The first kappa shape index (κ1) is 12.4. The zero-order chi connectivity index (χ0) is 12.1. The molecular weight excluding hydrogens is 226 g/mol. The van der Waals surface area contributed by atoms with E-state index in [9.17, 15) is 9.59 Å². The number of nitrogens with two attached hydrogens (primary N) is 2. The number of urea groups is 1. The molecule has 0 saturated carbocycles. The second-order valence-corrected chi connectivity index (χ2v) is 4.24. The van der Waals surface area contributed by atoms with Gasteiger partial charge in [-0.25, -0.2) is 4.79 Å². The number of benzene rings is 1. The Morgan fingerprint density at radius 2 is 2.12 bits per heavy atom. The lowest BCUT2D eigenvalue weighted by molar-refractivity contribution is -0.117. The van der Waals surface area contributed by atoms with Crippen molar-refractivity contribution >= 4 is 29.4 Å². The summed E-state index contributed by atoms with van der Waals surface area (Å²) in [5.74, 6) is -0.262. The highest BCUT2D eigenvalue weighted by Crippen LogP contribution is 2.23. The van der Waals surface area contributed by atoms with Crippen molar-refractivity contribution in [2.75, 3.05) is 11.5 Å². The molecule has 0 spiro atoms. The molecule has 0 aromatic heterocycles. The summed E-state index contributed by atoms with van der Waals surface area (Å²) < 4.78 is 0. The summed E-state index contributed by atoms with van der Waals surface area (Å²) in [6.45, 7) is 1.91. The van der Waals surface area contributed by atoms with E-state index in [1.165, 1.54) is 11.8 Å². The fourth-order valence-electron chi connectivity index (χ4n) is 1.15. The number of thioether (sulfide) groups is 1. The number of aryl methyl sites for hydroxylation is 1. The van der Waals surface area contributed by atoms with Crippen molar-refractivity contribution in [1.29, 1.82) is 0 Å². The lowest BCUT2D eigenvalue weighted by atomic mass is 10.2. The highest BCUT2D eigenvalue weighted by molar-refractivity contribution is 8.00. The minimum atomic E-state index is -0.834. The molecule has 16 heavy (non-hydrogen) atoms. The zero-order valence-corrected chi connectivity index (χ0v) is 9.64. The van der Waals surface area contributed by atoms with Gasteiger partial charge in [0.2, 0.25) is 5.91 Å². The van der Waals surface area contributed by atoms with Crippen LogP contribution in [-0.2, 0) is 4.79 Å². The number of hydrogen-bond acceptors (Lipinski definition) is 4. The Morgan fingerprint density at radius 1 is 1.44 bits per heavy atom. The van der Waals surface area contributed by atoms with Crippen molar-refractivity contribution in [2.24, 2.45) is 5.73 Å². The van der Waals surface area contributed by atoms with E-state index in [2.05, 4.69) is 0 Å². The maximum absolute atomic E-state index is 11.1. The Morgan fingerprint density at radius 3 is 2.69 bits per heavy atom. The van der Waals surface area contributed by atoms with Gasteiger partial charge in [0, 0.05) is 10.6 Å². The van der Waals surface area contributed by atoms with Crippen molar-refractivity contribution in [3.8, 4) is 0 Å². The average Bonchev–Trinajstić information content (AvgIpc) is 2.15. The number of anilines is 1. The van der Waals surface area contributed by atoms with E-state index in [1.54, 1.807) is 6.07 Å². The monoisotopic (exact) mass is 239 g/mol. The Balaban J connectivity index is 2.54. The number of imide groups is 1. The van der Waals surface area contributed by atoms with Crippen molar-refractivity contribution < 1.29 is 9.59 Å². The van der Waals surface area contributed by atoms with E-state index in [0.29, 0.717) is 5.69 Å². The molecule has 5 nitrogen and oxygen atoms in total. The highest BCUT2D eigenvalue weighted by Gasteiger charge is 2.06. The average molecular weight is 239 g/mol. The molecule has 6 heteroatoms. The Kier molecular flexibility index (Phi) is 4.19. The van der Waals surface area contributed by atoms with E-state index in [4.69, 9.17) is 11.5 Å². The topological polar surface area (TPSA) is 98.2 Å². The number of rotatable bonds is 3. The second kappa shape index (κ2) is 5.41. The van der Waals surface area contributed by atoms with Crippen LogP contribution >= 0.6 is 11.8 Å². The molecule has 5 N–H and O–H groups in total. The van der Waals surface area contributed by atoms with Gasteiger partial charge in [0.15, 0.2) is 0 Å². The summed E-state index contributed by atoms with van der Waals surface area (Å²) in [7, 11) is 0. The summed E-state index contributed by atoms with van der Waals surface area (Å²) in [4.78, 5) is 22.5. The van der Waals surface area contributed by atoms with Crippen LogP contribution < -0.4 is 16.8 Å². The lowest BCUT2D eigenvalue weighted by Crippen LogP contribution is -2.36. The SMILES string of the molecule is Cc1cc(N)ccc1SCC(=O)NC(N)=O. The molecule has 0 heterocycles. The maximum atomic E-state index is 11.1. The summed E-state index contributed by atoms with van der Waals surface area (Å²) in [6.07, 6.45) is 0. The third-order valence-electron chi connectivity index (χ3n) is 1.82. The van der Waals surface area contributed by atoms with Gasteiger partial charge in [0.05, 0.1) is 5.75 Å². The molecule has 0 saturated heterocycles. The fraction of sp³-hybridized carbons (Fsp3) is 0.200. The zero-order valence-electron chi connectivity index (χ0n) is 8.82. The van der Waals surface area contributed by atoms with Crippen LogP contribution in [0.2, 0.25) is 0 Å². The number of nitrogens with one attached hydrogen (secondary N) is 1. The smallest absolute Gasteiger partial charge is 0.318 e. The van der Waals surface area contributed by atoms with Gasteiger partial charge in [0.1, 0.15) is 0 Å². The van der Waals surface area contributed by atoms with Gasteiger partial charge < -0.3 is 11.5 Å². The van der Waals surface area contributed by atoms with Crippen molar-refractivity contribution in [1.82, 2.24) is 5.32 Å². The van der Waals surface area contributed by atoms with Crippen LogP contribution in [-0.4, -0.2) is 17.7 Å². The predicted molar refractivity (Wildman–Crippen MR) is 64.0 cm³/mol. The van der Waals surface area contributed by atoms with Gasteiger partial charge >= 0.3 is 6.03 Å². The Bertz CT molecular complexity index is 421. The number of carbonyl (C=O) groups excluding carboxylic acids is 2. The van der Waals surface area contributed by atoms with E-state index in [1.807, 2.05) is 24.4 Å². The van der Waals surface area contributed by atoms with Crippen molar-refractivity contribution in [3.05, 3.63) is 23.8 Å². The van der Waals surface area contributed by atoms with Gasteiger partial charge in [-0.1, -0.05) is 0 Å². The first-order chi connectivity index (χ1) is 7.49. The van der Waals surface area contributed by atoms with Crippen LogP contribution in [0.15, 0.2) is 23.1 Å². The van der Waals surface area contributed by atoms with E-state index >= 15 is 0 Å². The number of hydrogen-bond donors (Lipinski definition) is 3. The van der Waals surface area contributed by atoms with Crippen LogP contribution in [0.4, 0.5) is 10.5 Å². The number of primary amides is 1. The molecule has 0 radical (unpaired) electrons. The number of amides is 3. The Labute approximate surface area is 97.6 Å². The van der Waals surface area contributed by atoms with Gasteiger partial charge in [0.25, 0.3) is 0 Å². The molecule has 0 unspecified atom stereocenters. The van der Waals surface area contributed by atoms with Gasteiger partial charge in [-0.05, 0) is 30.7 Å². The second-order valence-electron chi connectivity index (χ2n) is 3.23. The molecule has 0 fully saturated rings. The van der Waals surface area contributed by atoms with Gasteiger partial charge in [-0.2, -0.15) is 0 Å². The molecule has 0 aliphatic heterocycles. The van der Waals surface area contributed by atoms with Crippen molar-refractivity contribution in [3.63, 3.8) is 0 Å². The summed E-state index contributed by atoms with van der Waals surface area (Å²) >= 11 is 1.33. The molecule has 0 aliphatic rings. The first-order valence-electron chi connectivity index (χ1n) is 4.57. The largest absolute Gasteiger partial charge is 0.399 e. The molecule has 1 aromatic rings. The quantitative estimate of drug-likeness (QED) is 0.538. The molecule has 0 aliphatic carbocycles. The molecule has 0 atom stereocenters. The van der Waals surface area contributed by atoms with Crippen LogP contribution in [0.5, 0.6) is 0 Å². The third kappa shape index (κ3) is 3.82. The third-order valence-corrected chi connectivity index (χ3v) is 3.00. The normalized spacial score (nSPS) is 9.81. The number of carbonyl (C=O) groups is 2. The Hall–Kier alpha value is -1.69. The molecule has 3 amide bonds. The van der Waals surface area contributed by atoms with Crippen LogP contribution in [0.1, 0.15) is 5.56 Å². The fourth-order valence-corrected chi connectivity index (χ4v) is 1.96. The van der Waals surface area contributed by atoms with E-state index < -0.39 is 11.9 Å². The highest BCUT2D eigenvalue weighted by atomic mass is 32.2. The summed E-state index contributed by atoms with van der Waals surface area (Å²) in [6, 6.07) is 4.60. The van der Waals surface area contributed by atoms with Crippen LogP contribution in [0, 0.1) is 6.92 Å². The van der Waals surface area contributed by atoms with E-state index in [-0.39, 0.29) is 5.75 Å². The molecule has 86 valence electrons. The van der Waals surface area contributed by atoms with Crippen LogP contribution in [0.3, 0.4) is 0 Å². The minimum Gasteiger partial charge on any atom is -0.399 e. The summed E-state index contributed by atoms with van der Waals surface area (Å²) in [5.41, 5.74) is 12.1. The van der Waals surface area contributed by atoms with Crippen LogP contribution in [0.25, 0.3) is 0 Å². The maximum Gasteiger partial charge on any atom is 0.318 e. The number of nitrogen functional groups attached to an aromatic ring is 1. The van der Waals surface area contributed by atoms with Gasteiger partial charge in [-0.3, -0.25) is 10.1 Å². The predicted octanol–water partition coefficient (Wildman–Crippen LogP) is 0.864. The van der Waals surface area contributed by atoms with E-state index in [0.717, 1.165) is 10.5 Å². The molecule has 1 aromatic carbocycles. The minimum absolute atomic E-state index is 0.147.